The lowest BCUT2D eigenvalue weighted by atomic mass is 10.1. The maximum atomic E-state index is 11.4. The summed E-state index contributed by atoms with van der Waals surface area (Å²) in [6.45, 7) is 3.07. The van der Waals surface area contributed by atoms with E-state index in [1.165, 1.54) is 32.1 Å². The van der Waals surface area contributed by atoms with Gasteiger partial charge in [0.05, 0.1) is 11.4 Å². The van der Waals surface area contributed by atoms with Crippen LogP contribution in [0, 0.1) is 0 Å². The SMILES string of the molecule is CCCCCCCCN1C(Cl)C=C[S+]1[O-]. The largest absolute Gasteiger partial charge is 0.593 e. The lowest BCUT2D eigenvalue weighted by Crippen LogP contribution is -2.31. The van der Waals surface area contributed by atoms with Crippen molar-refractivity contribution in [3.63, 3.8) is 0 Å². The molecule has 1 heterocycles. The van der Waals surface area contributed by atoms with Gasteiger partial charge < -0.3 is 4.55 Å². The molecule has 88 valence electrons. The first kappa shape index (κ1) is 13.4. The van der Waals surface area contributed by atoms with E-state index in [0.717, 1.165) is 13.0 Å². The Bertz CT molecular complexity index is 189. The number of hydrogen-bond acceptors (Lipinski definition) is 2. The molecule has 4 heteroatoms. The summed E-state index contributed by atoms with van der Waals surface area (Å²) in [6.07, 6.45) is 9.34. The van der Waals surface area contributed by atoms with Gasteiger partial charge in [0.2, 0.25) is 0 Å². The molecule has 2 nitrogen and oxygen atoms in total. The Morgan fingerprint density at radius 3 is 2.53 bits per heavy atom. The first-order valence-electron chi connectivity index (χ1n) is 5.75. The van der Waals surface area contributed by atoms with E-state index >= 15 is 0 Å². The summed E-state index contributed by atoms with van der Waals surface area (Å²) < 4.78 is 13.3. The highest BCUT2D eigenvalue weighted by Crippen LogP contribution is 2.22. The summed E-state index contributed by atoms with van der Waals surface area (Å²) in [7, 11) is 0. The fourth-order valence-electron chi connectivity index (χ4n) is 1.67. The molecule has 0 bridgehead atoms. The van der Waals surface area contributed by atoms with Crippen LogP contribution in [0.3, 0.4) is 0 Å². The Kier molecular flexibility index (Phi) is 6.73. The smallest absolute Gasteiger partial charge is 0.152 e. The third kappa shape index (κ3) is 4.77. The molecule has 0 aromatic rings. The van der Waals surface area contributed by atoms with Crippen LogP contribution >= 0.6 is 11.6 Å². The van der Waals surface area contributed by atoms with E-state index in [0.29, 0.717) is 0 Å². The fraction of sp³-hybridized carbons (Fsp3) is 0.818. The Morgan fingerprint density at radius 2 is 1.93 bits per heavy atom. The van der Waals surface area contributed by atoms with E-state index in [9.17, 15) is 4.55 Å². The Balaban J connectivity index is 2.00. The number of halogens is 1. The molecule has 0 spiro atoms. The number of hydrogen-bond donors (Lipinski definition) is 0. The fourth-order valence-corrected chi connectivity index (χ4v) is 3.18. The molecule has 1 aliphatic heterocycles. The molecule has 0 amide bonds. The quantitative estimate of drug-likeness (QED) is 0.299. The van der Waals surface area contributed by atoms with Gasteiger partial charge in [0.1, 0.15) is 5.41 Å². The van der Waals surface area contributed by atoms with E-state index in [-0.39, 0.29) is 5.50 Å². The maximum absolute atomic E-state index is 11.4. The van der Waals surface area contributed by atoms with Gasteiger partial charge in [0.25, 0.3) is 0 Å². The topological polar surface area (TPSA) is 26.3 Å². The van der Waals surface area contributed by atoms with Crippen molar-refractivity contribution in [1.82, 2.24) is 4.31 Å². The number of nitrogens with zero attached hydrogens (tertiary/aromatic N) is 1. The minimum absolute atomic E-state index is 0.165. The van der Waals surface area contributed by atoms with Gasteiger partial charge >= 0.3 is 0 Å². The molecule has 0 fully saturated rings. The highest BCUT2D eigenvalue weighted by atomic mass is 35.5. The molecule has 2 atom stereocenters. The van der Waals surface area contributed by atoms with Crippen molar-refractivity contribution in [2.75, 3.05) is 6.54 Å². The van der Waals surface area contributed by atoms with E-state index in [4.69, 9.17) is 11.6 Å². The van der Waals surface area contributed by atoms with E-state index in [1.54, 1.807) is 11.5 Å². The molecule has 15 heavy (non-hydrogen) atoms. The standard InChI is InChI=1S/C11H20ClNOS/c1-2-3-4-5-6-7-9-13-11(12)8-10-15(13)14/h8,10-11H,2-7,9H2,1H3. The summed E-state index contributed by atoms with van der Waals surface area (Å²) in [6, 6.07) is 0. The van der Waals surface area contributed by atoms with Gasteiger partial charge in [-0.15, -0.1) is 4.31 Å². The van der Waals surface area contributed by atoms with Gasteiger partial charge in [-0.25, -0.2) is 0 Å². The highest BCUT2D eigenvalue weighted by Gasteiger charge is 2.29. The Morgan fingerprint density at radius 1 is 1.27 bits per heavy atom. The first-order valence-corrected chi connectivity index (χ1v) is 7.36. The molecule has 0 saturated carbocycles. The van der Waals surface area contributed by atoms with Crippen molar-refractivity contribution in [3.05, 3.63) is 11.5 Å². The van der Waals surface area contributed by atoms with Gasteiger partial charge in [0.15, 0.2) is 5.50 Å². The molecule has 0 aliphatic carbocycles. The average molecular weight is 250 g/mol. The molecule has 1 aliphatic rings. The Hall–Kier alpha value is 0.300. The summed E-state index contributed by atoms with van der Waals surface area (Å²) >= 11 is 5.00. The van der Waals surface area contributed by atoms with Crippen LogP contribution in [0.5, 0.6) is 0 Å². The van der Waals surface area contributed by atoms with Crippen LogP contribution in [0.4, 0.5) is 0 Å². The lowest BCUT2D eigenvalue weighted by Gasteiger charge is -2.18. The predicted octanol–water partition coefficient (Wildman–Crippen LogP) is 3.40. The van der Waals surface area contributed by atoms with Crippen LogP contribution in [0.2, 0.25) is 0 Å². The minimum Gasteiger partial charge on any atom is -0.593 e. The van der Waals surface area contributed by atoms with Crippen molar-refractivity contribution in [2.45, 2.75) is 50.9 Å². The van der Waals surface area contributed by atoms with Gasteiger partial charge in [-0.1, -0.05) is 50.6 Å². The molecule has 0 saturated heterocycles. The molecule has 2 unspecified atom stereocenters. The van der Waals surface area contributed by atoms with Crippen LogP contribution in [0.15, 0.2) is 11.5 Å². The molecule has 1 rings (SSSR count). The molecule has 0 aromatic heterocycles. The molecule has 0 aromatic carbocycles. The zero-order chi connectivity index (χ0) is 11.1. The average Bonchev–Trinajstić information content (AvgIpc) is 2.54. The zero-order valence-electron chi connectivity index (χ0n) is 9.32. The third-order valence-corrected chi connectivity index (χ3v) is 4.35. The zero-order valence-corrected chi connectivity index (χ0v) is 10.9. The van der Waals surface area contributed by atoms with Crippen LogP contribution in [-0.2, 0) is 11.4 Å². The van der Waals surface area contributed by atoms with Gasteiger partial charge in [-0.3, -0.25) is 0 Å². The highest BCUT2D eigenvalue weighted by molar-refractivity contribution is 7.92. The first-order chi connectivity index (χ1) is 7.25. The number of rotatable bonds is 7. The number of alkyl halides is 1. The monoisotopic (exact) mass is 249 g/mol. The van der Waals surface area contributed by atoms with Gasteiger partial charge in [-0.2, -0.15) is 0 Å². The van der Waals surface area contributed by atoms with E-state index < -0.39 is 11.4 Å². The molecular formula is C11H20ClNOS. The maximum Gasteiger partial charge on any atom is 0.152 e. The third-order valence-electron chi connectivity index (χ3n) is 2.59. The van der Waals surface area contributed by atoms with Gasteiger partial charge in [-0.05, 0) is 6.42 Å². The van der Waals surface area contributed by atoms with Crippen LogP contribution in [-0.4, -0.2) is 20.9 Å². The molecule has 0 N–H and O–H groups in total. The van der Waals surface area contributed by atoms with Crippen LogP contribution in [0.25, 0.3) is 0 Å². The lowest BCUT2D eigenvalue weighted by molar-refractivity contribution is 0.417. The van der Waals surface area contributed by atoms with Gasteiger partial charge in [0, 0.05) is 12.6 Å². The van der Waals surface area contributed by atoms with Crippen molar-refractivity contribution in [2.24, 2.45) is 0 Å². The number of unbranched alkanes of at least 4 members (excludes halogenated alkanes) is 5. The summed E-state index contributed by atoms with van der Waals surface area (Å²) in [5.41, 5.74) is -0.165. The normalized spacial score (nSPS) is 26.3. The summed E-state index contributed by atoms with van der Waals surface area (Å²) in [5.74, 6) is 0. The Labute approximate surface area is 101 Å². The second-order valence-corrected chi connectivity index (χ2v) is 5.63. The van der Waals surface area contributed by atoms with Crippen molar-refractivity contribution >= 4 is 23.0 Å². The molecular weight excluding hydrogens is 230 g/mol. The van der Waals surface area contributed by atoms with Crippen LogP contribution in [0.1, 0.15) is 45.4 Å². The van der Waals surface area contributed by atoms with Crippen molar-refractivity contribution < 1.29 is 4.55 Å². The van der Waals surface area contributed by atoms with E-state index in [1.807, 2.05) is 4.31 Å². The van der Waals surface area contributed by atoms with Crippen molar-refractivity contribution in [1.29, 1.82) is 0 Å². The minimum atomic E-state index is -0.979. The predicted molar refractivity (Wildman–Crippen MR) is 67.0 cm³/mol. The molecule has 0 radical (unpaired) electrons. The second-order valence-electron chi connectivity index (χ2n) is 3.89. The van der Waals surface area contributed by atoms with E-state index in [2.05, 4.69) is 6.92 Å². The van der Waals surface area contributed by atoms with Crippen LogP contribution < -0.4 is 0 Å². The van der Waals surface area contributed by atoms with Crippen molar-refractivity contribution in [3.8, 4) is 0 Å². The summed E-state index contributed by atoms with van der Waals surface area (Å²) in [4.78, 5) is 0. The summed E-state index contributed by atoms with van der Waals surface area (Å²) in [5, 5.41) is 1.68. The second kappa shape index (κ2) is 7.55.